The van der Waals surface area contributed by atoms with Crippen molar-refractivity contribution in [1.82, 2.24) is 20.9 Å². The second-order valence-corrected chi connectivity index (χ2v) is 7.24. The van der Waals surface area contributed by atoms with Crippen molar-refractivity contribution in [3.63, 3.8) is 0 Å². The summed E-state index contributed by atoms with van der Waals surface area (Å²) in [5.41, 5.74) is 0. The Kier molecular flexibility index (Phi) is 5.47. The Hall–Kier alpha value is -1.93. The van der Waals surface area contributed by atoms with Crippen molar-refractivity contribution < 1.29 is 14.4 Å². The predicted molar refractivity (Wildman–Crippen MR) is 90.9 cm³/mol. The summed E-state index contributed by atoms with van der Waals surface area (Å²) < 4.78 is 0. The Labute approximate surface area is 144 Å². The van der Waals surface area contributed by atoms with Crippen LogP contribution in [0.3, 0.4) is 0 Å². The molecule has 1 aromatic rings. The number of carbonyl (C=O) groups is 3. The van der Waals surface area contributed by atoms with Crippen LogP contribution in [-0.2, 0) is 4.79 Å². The second-order valence-electron chi connectivity index (χ2n) is 6.30. The van der Waals surface area contributed by atoms with Crippen molar-refractivity contribution in [2.45, 2.75) is 37.8 Å². The van der Waals surface area contributed by atoms with Gasteiger partial charge in [-0.25, -0.2) is 4.79 Å². The number of imide groups is 1. The van der Waals surface area contributed by atoms with E-state index in [2.05, 4.69) is 16.0 Å². The molecule has 1 saturated heterocycles. The molecule has 2 aliphatic rings. The van der Waals surface area contributed by atoms with Gasteiger partial charge in [-0.3, -0.25) is 19.8 Å². The topological polar surface area (TPSA) is 90.5 Å². The lowest BCUT2D eigenvalue weighted by molar-refractivity contribution is -0.121. The molecule has 4 amide bonds. The molecule has 0 atom stereocenters. The summed E-state index contributed by atoms with van der Waals surface area (Å²) in [4.78, 5) is 38.1. The number of likely N-dealkylation sites (tertiary alicyclic amines) is 1. The van der Waals surface area contributed by atoms with Crippen LogP contribution >= 0.6 is 11.3 Å². The van der Waals surface area contributed by atoms with Crippen molar-refractivity contribution in [1.29, 1.82) is 0 Å². The van der Waals surface area contributed by atoms with E-state index < -0.39 is 6.03 Å². The van der Waals surface area contributed by atoms with Crippen LogP contribution in [0.1, 0.15) is 35.4 Å². The quantitative estimate of drug-likeness (QED) is 0.737. The summed E-state index contributed by atoms with van der Waals surface area (Å²) >= 11 is 1.43. The summed E-state index contributed by atoms with van der Waals surface area (Å²) in [6, 6.07) is 3.64. The minimum Gasteiger partial charge on any atom is -0.349 e. The Morgan fingerprint density at radius 3 is 2.42 bits per heavy atom. The zero-order valence-electron chi connectivity index (χ0n) is 13.4. The van der Waals surface area contributed by atoms with Gasteiger partial charge >= 0.3 is 6.03 Å². The van der Waals surface area contributed by atoms with Gasteiger partial charge in [-0.05, 0) is 37.1 Å². The van der Waals surface area contributed by atoms with Crippen LogP contribution in [0.2, 0.25) is 0 Å². The molecule has 1 aromatic heterocycles. The normalized spacial score (nSPS) is 18.8. The van der Waals surface area contributed by atoms with E-state index in [9.17, 15) is 14.4 Å². The molecule has 130 valence electrons. The molecule has 0 radical (unpaired) electrons. The van der Waals surface area contributed by atoms with E-state index in [0.717, 1.165) is 43.6 Å². The standard InChI is InChI=1S/C16H22N4O3S/c21-14(19-16(23)18-11-3-4-11)10-20-7-5-12(6-8-20)17-15(22)13-2-1-9-24-13/h1-2,9,11-12H,3-8,10H2,(H,17,22)(H2,18,19,21,23). The molecule has 1 aliphatic heterocycles. The number of nitrogens with zero attached hydrogens (tertiary/aromatic N) is 1. The minimum atomic E-state index is -0.402. The van der Waals surface area contributed by atoms with Crippen molar-refractivity contribution in [3.8, 4) is 0 Å². The Bertz CT molecular complexity index is 592. The SMILES string of the molecule is O=C(CN1CCC(NC(=O)c2cccs2)CC1)NC(=O)NC1CC1. The van der Waals surface area contributed by atoms with Crippen LogP contribution < -0.4 is 16.0 Å². The van der Waals surface area contributed by atoms with Gasteiger partial charge in [0.15, 0.2) is 0 Å². The zero-order chi connectivity index (χ0) is 16.9. The van der Waals surface area contributed by atoms with E-state index in [1.54, 1.807) is 0 Å². The first-order valence-corrected chi connectivity index (χ1v) is 9.15. The molecule has 8 heteroatoms. The first-order chi connectivity index (χ1) is 11.6. The van der Waals surface area contributed by atoms with Gasteiger partial charge in [0.05, 0.1) is 11.4 Å². The lowest BCUT2D eigenvalue weighted by Gasteiger charge is -2.31. The lowest BCUT2D eigenvalue weighted by atomic mass is 10.0. The van der Waals surface area contributed by atoms with Crippen LogP contribution in [0.25, 0.3) is 0 Å². The van der Waals surface area contributed by atoms with Crippen LogP contribution in [0.15, 0.2) is 17.5 Å². The molecule has 1 aliphatic carbocycles. The Balaban J connectivity index is 1.34. The van der Waals surface area contributed by atoms with Gasteiger partial charge in [-0.2, -0.15) is 0 Å². The predicted octanol–water partition coefficient (Wildman–Crippen LogP) is 0.930. The lowest BCUT2D eigenvalue weighted by Crippen LogP contribution is -2.49. The molecule has 0 aromatic carbocycles. The van der Waals surface area contributed by atoms with Gasteiger partial charge in [0.1, 0.15) is 0 Å². The number of amides is 4. The van der Waals surface area contributed by atoms with Crippen molar-refractivity contribution in [2.24, 2.45) is 0 Å². The fourth-order valence-electron chi connectivity index (χ4n) is 2.72. The number of nitrogens with one attached hydrogen (secondary N) is 3. The van der Waals surface area contributed by atoms with Crippen molar-refractivity contribution in [2.75, 3.05) is 19.6 Å². The number of urea groups is 1. The number of hydrogen-bond donors (Lipinski definition) is 3. The van der Waals surface area contributed by atoms with Gasteiger partial charge in [0.2, 0.25) is 5.91 Å². The average Bonchev–Trinajstić information content (AvgIpc) is 3.17. The van der Waals surface area contributed by atoms with E-state index in [1.165, 1.54) is 11.3 Å². The number of piperidine rings is 1. The van der Waals surface area contributed by atoms with E-state index in [0.29, 0.717) is 0 Å². The highest BCUT2D eigenvalue weighted by atomic mass is 32.1. The highest BCUT2D eigenvalue weighted by molar-refractivity contribution is 7.12. The van der Waals surface area contributed by atoms with Crippen molar-refractivity contribution >= 4 is 29.2 Å². The summed E-state index contributed by atoms with van der Waals surface area (Å²) in [6.07, 6.45) is 3.59. The summed E-state index contributed by atoms with van der Waals surface area (Å²) in [7, 11) is 0. The molecule has 7 nitrogen and oxygen atoms in total. The molecule has 1 saturated carbocycles. The number of rotatable bonds is 5. The van der Waals surface area contributed by atoms with E-state index >= 15 is 0 Å². The summed E-state index contributed by atoms with van der Waals surface area (Å²) in [5, 5.41) is 10.0. The van der Waals surface area contributed by atoms with Gasteiger partial charge < -0.3 is 10.6 Å². The molecule has 0 spiro atoms. The van der Waals surface area contributed by atoms with E-state index in [4.69, 9.17) is 0 Å². The molecule has 2 heterocycles. The molecule has 3 N–H and O–H groups in total. The first kappa shape index (κ1) is 16.9. The van der Waals surface area contributed by atoms with E-state index in [-0.39, 0.29) is 30.4 Å². The van der Waals surface area contributed by atoms with Gasteiger partial charge in [-0.15, -0.1) is 11.3 Å². The molecule has 0 unspecified atom stereocenters. The third-order valence-electron chi connectivity index (χ3n) is 4.20. The van der Waals surface area contributed by atoms with Crippen molar-refractivity contribution in [3.05, 3.63) is 22.4 Å². The fraction of sp³-hybridized carbons (Fsp3) is 0.562. The van der Waals surface area contributed by atoms with E-state index in [1.807, 2.05) is 22.4 Å². The molecular formula is C16H22N4O3S. The summed E-state index contributed by atoms with van der Waals surface area (Å²) in [5.74, 6) is -0.313. The number of thiophene rings is 1. The maximum absolute atomic E-state index is 12.0. The van der Waals surface area contributed by atoms with Crippen LogP contribution in [0.5, 0.6) is 0 Å². The highest BCUT2D eigenvalue weighted by Crippen LogP contribution is 2.18. The van der Waals surface area contributed by atoms with Gasteiger partial charge in [0.25, 0.3) is 5.91 Å². The molecule has 2 fully saturated rings. The van der Waals surface area contributed by atoms with Gasteiger partial charge in [-0.1, -0.05) is 6.07 Å². The Morgan fingerprint density at radius 2 is 1.79 bits per heavy atom. The van der Waals surface area contributed by atoms with Crippen LogP contribution in [0.4, 0.5) is 4.79 Å². The highest BCUT2D eigenvalue weighted by Gasteiger charge is 2.25. The largest absolute Gasteiger partial charge is 0.349 e. The average molecular weight is 350 g/mol. The third-order valence-corrected chi connectivity index (χ3v) is 5.07. The minimum absolute atomic E-state index is 0.0297. The monoisotopic (exact) mass is 350 g/mol. The zero-order valence-corrected chi connectivity index (χ0v) is 14.2. The molecular weight excluding hydrogens is 328 g/mol. The number of carbonyl (C=O) groups excluding carboxylic acids is 3. The van der Waals surface area contributed by atoms with Gasteiger partial charge in [0, 0.05) is 25.2 Å². The second kappa shape index (κ2) is 7.76. The smallest absolute Gasteiger partial charge is 0.321 e. The first-order valence-electron chi connectivity index (χ1n) is 8.27. The summed E-state index contributed by atoms with van der Waals surface area (Å²) in [6.45, 7) is 1.67. The molecule has 0 bridgehead atoms. The number of hydrogen-bond acceptors (Lipinski definition) is 5. The molecule has 3 rings (SSSR count). The third kappa shape index (κ3) is 5.04. The fourth-order valence-corrected chi connectivity index (χ4v) is 3.34. The van der Waals surface area contributed by atoms with Crippen LogP contribution in [-0.4, -0.2) is 54.5 Å². The van der Waals surface area contributed by atoms with Crippen LogP contribution in [0, 0.1) is 0 Å². The maximum Gasteiger partial charge on any atom is 0.321 e. The molecule has 24 heavy (non-hydrogen) atoms. The maximum atomic E-state index is 12.0. The Morgan fingerprint density at radius 1 is 1.08 bits per heavy atom.